The lowest BCUT2D eigenvalue weighted by molar-refractivity contribution is -0.149. The summed E-state index contributed by atoms with van der Waals surface area (Å²) in [7, 11) is 0. The number of fused-ring (bicyclic) bond motifs is 3. The van der Waals surface area contributed by atoms with Crippen molar-refractivity contribution in [3.63, 3.8) is 0 Å². The molecule has 2 aliphatic heterocycles. The number of amides is 2. The monoisotopic (exact) mass is 334 g/mol. The second-order valence-electron chi connectivity index (χ2n) is 6.58. The lowest BCUT2D eigenvalue weighted by atomic mass is 9.99. The molecule has 3 aliphatic rings. The molecule has 2 amide bonds. The molecule has 0 unspecified atom stereocenters. The van der Waals surface area contributed by atoms with Gasteiger partial charge in [0.05, 0.1) is 12.1 Å². The molecule has 2 heterocycles. The number of benzene rings is 2. The number of hydroxylamine groups is 2. The Morgan fingerprint density at radius 3 is 2.08 bits per heavy atom. The maximum absolute atomic E-state index is 13.1. The van der Waals surface area contributed by atoms with Gasteiger partial charge < -0.3 is 4.90 Å². The van der Waals surface area contributed by atoms with E-state index in [4.69, 9.17) is 4.84 Å². The molecule has 5 rings (SSSR count). The van der Waals surface area contributed by atoms with E-state index >= 15 is 0 Å². The van der Waals surface area contributed by atoms with Crippen molar-refractivity contribution in [2.24, 2.45) is 0 Å². The van der Waals surface area contributed by atoms with E-state index < -0.39 is 0 Å². The summed E-state index contributed by atoms with van der Waals surface area (Å²) in [5, 5.41) is 1.57. The number of carbonyl (C=O) groups excluding carboxylic acids is 1. The molecular weight excluding hydrogens is 312 g/mol. The van der Waals surface area contributed by atoms with Gasteiger partial charge in [-0.3, -0.25) is 4.84 Å². The summed E-state index contributed by atoms with van der Waals surface area (Å²) in [6, 6.07) is 20.2. The number of hydrogen-bond acceptors (Lipinski definition) is 2. The third kappa shape index (κ3) is 3.44. The Balaban J connectivity index is 1.52. The van der Waals surface area contributed by atoms with Crippen LogP contribution in [0.25, 0.3) is 0 Å². The molecule has 0 saturated carbocycles. The molecule has 25 heavy (non-hydrogen) atoms. The van der Waals surface area contributed by atoms with E-state index in [1.165, 1.54) is 0 Å². The molecule has 0 radical (unpaired) electrons. The number of urea groups is 1. The smallest absolute Gasteiger partial charge is 0.312 e. The third-order valence-corrected chi connectivity index (χ3v) is 4.86. The Kier molecular flexibility index (Phi) is 4.53. The largest absolute Gasteiger partial charge is 0.345 e. The number of carbonyl (C=O) groups is 1. The highest BCUT2D eigenvalue weighted by molar-refractivity contribution is 5.75. The molecular formula is C21H22N2O2. The fourth-order valence-electron chi connectivity index (χ4n) is 3.49. The highest BCUT2D eigenvalue weighted by Gasteiger charge is 2.38. The van der Waals surface area contributed by atoms with Gasteiger partial charge in [-0.2, -0.15) is 5.06 Å². The van der Waals surface area contributed by atoms with Crippen LogP contribution in [0.15, 0.2) is 72.8 Å². The lowest BCUT2D eigenvalue weighted by Gasteiger charge is -2.30. The van der Waals surface area contributed by atoms with Crippen LogP contribution in [0.5, 0.6) is 0 Å². The number of rotatable bonds is 5. The summed E-state index contributed by atoms with van der Waals surface area (Å²) in [6.07, 6.45) is 6.18. The van der Waals surface area contributed by atoms with Crippen molar-refractivity contribution in [1.82, 2.24) is 9.96 Å². The highest BCUT2D eigenvalue weighted by Crippen LogP contribution is 2.29. The van der Waals surface area contributed by atoms with Crippen molar-refractivity contribution in [2.75, 3.05) is 0 Å². The van der Waals surface area contributed by atoms with Gasteiger partial charge >= 0.3 is 6.03 Å². The molecule has 4 heteroatoms. The minimum absolute atomic E-state index is 0.0215. The molecule has 128 valence electrons. The first-order chi connectivity index (χ1) is 12.3. The molecule has 2 aromatic carbocycles. The quantitative estimate of drug-likeness (QED) is 0.770. The van der Waals surface area contributed by atoms with Crippen LogP contribution in [0.1, 0.15) is 24.0 Å². The summed E-state index contributed by atoms with van der Waals surface area (Å²) in [4.78, 5) is 21.0. The Labute approximate surface area is 148 Å². The van der Waals surface area contributed by atoms with Gasteiger partial charge in [-0.05, 0) is 24.0 Å². The van der Waals surface area contributed by atoms with E-state index in [9.17, 15) is 4.79 Å². The van der Waals surface area contributed by atoms with Crippen molar-refractivity contribution < 1.29 is 9.63 Å². The molecule has 1 aliphatic carbocycles. The van der Waals surface area contributed by atoms with Gasteiger partial charge in [-0.1, -0.05) is 72.8 Å². The van der Waals surface area contributed by atoms with E-state index in [1.807, 2.05) is 53.4 Å². The fraction of sp³-hybridized carbons (Fsp3) is 0.286. The van der Waals surface area contributed by atoms with E-state index in [1.54, 1.807) is 5.06 Å². The number of hydrogen-bond donors (Lipinski definition) is 0. The van der Waals surface area contributed by atoms with Gasteiger partial charge in [0, 0.05) is 6.54 Å². The molecule has 2 aromatic rings. The number of nitrogens with zero attached hydrogens (tertiary/aromatic N) is 2. The van der Waals surface area contributed by atoms with Crippen molar-refractivity contribution >= 4 is 6.03 Å². The zero-order valence-electron chi connectivity index (χ0n) is 14.1. The van der Waals surface area contributed by atoms with Crippen LogP contribution in [0.3, 0.4) is 0 Å². The van der Waals surface area contributed by atoms with Crippen LogP contribution >= 0.6 is 0 Å². The third-order valence-electron chi connectivity index (χ3n) is 4.86. The average molecular weight is 334 g/mol. The summed E-state index contributed by atoms with van der Waals surface area (Å²) in [5.41, 5.74) is 2.20. The molecule has 1 fully saturated rings. The minimum Gasteiger partial charge on any atom is -0.312 e. The van der Waals surface area contributed by atoms with Gasteiger partial charge in [-0.25, -0.2) is 4.79 Å². The van der Waals surface area contributed by atoms with Gasteiger partial charge in [0.2, 0.25) is 0 Å². The standard InChI is InChI=1S/C21H22N2O2/c24-21-22(15-17-7-3-1-4-8-17)19-11-13-20(14-12-19)23(21)25-16-18-9-5-2-6-10-18/h1-11,13,19-20H,12,14-16H2/t19-,20+/m1/s1. The maximum Gasteiger partial charge on any atom is 0.345 e. The molecule has 0 aromatic heterocycles. The first-order valence-corrected chi connectivity index (χ1v) is 8.80. The fourth-order valence-corrected chi connectivity index (χ4v) is 3.49. The summed E-state index contributed by atoms with van der Waals surface area (Å²) < 4.78 is 0. The van der Waals surface area contributed by atoms with E-state index in [2.05, 4.69) is 24.3 Å². The molecule has 1 saturated heterocycles. The molecule has 2 atom stereocenters. The molecule has 4 nitrogen and oxygen atoms in total. The summed E-state index contributed by atoms with van der Waals surface area (Å²) in [6.45, 7) is 1.01. The van der Waals surface area contributed by atoms with E-state index in [-0.39, 0.29) is 18.1 Å². The highest BCUT2D eigenvalue weighted by atomic mass is 16.7. The van der Waals surface area contributed by atoms with E-state index in [0.717, 1.165) is 24.0 Å². The minimum atomic E-state index is -0.0442. The van der Waals surface area contributed by atoms with Gasteiger partial charge in [0.25, 0.3) is 0 Å². The topological polar surface area (TPSA) is 32.8 Å². The predicted molar refractivity (Wildman–Crippen MR) is 96.4 cm³/mol. The second-order valence-corrected chi connectivity index (χ2v) is 6.58. The summed E-state index contributed by atoms with van der Waals surface area (Å²) >= 11 is 0. The van der Waals surface area contributed by atoms with E-state index in [0.29, 0.717) is 13.2 Å². The normalized spacial score (nSPS) is 22.3. The van der Waals surface area contributed by atoms with Crippen molar-refractivity contribution in [3.05, 3.63) is 83.9 Å². The van der Waals surface area contributed by atoms with Crippen LogP contribution in [-0.2, 0) is 18.0 Å². The van der Waals surface area contributed by atoms with Gasteiger partial charge in [0.1, 0.15) is 6.61 Å². The zero-order valence-corrected chi connectivity index (χ0v) is 14.1. The Hall–Kier alpha value is -2.59. The molecule has 0 N–H and O–H groups in total. The lowest BCUT2D eigenvalue weighted by Crippen LogP contribution is -2.45. The van der Waals surface area contributed by atoms with Crippen molar-refractivity contribution in [1.29, 1.82) is 0 Å². The Bertz CT molecular complexity index is 745. The van der Waals surface area contributed by atoms with Gasteiger partial charge in [-0.15, -0.1) is 0 Å². The van der Waals surface area contributed by atoms with Crippen molar-refractivity contribution in [3.8, 4) is 0 Å². The SMILES string of the molecule is O=C1N(Cc2ccccc2)[C@@H]2C=C[C@@H](CC2)N1OCc1ccccc1. The van der Waals surface area contributed by atoms with Crippen LogP contribution in [-0.4, -0.2) is 28.1 Å². The van der Waals surface area contributed by atoms with Crippen LogP contribution < -0.4 is 0 Å². The first kappa shape index (κ1) is 15.9. The first-order valence-electron chi connectivity index (χ1n) is 8.80. The van der Waals surface area contributed by atoms with Crippen molar-refractivity contribution in [2.45, 2.75) is 38.1 Å². The zero-order chi connectivity index (χ0) is 17.1. The summed E-state index contributed by atoms with van der Waals surface area (Å²) in [5.74, 6) is 0. The van der Waals surface area contributed by atoms with Crippen LogP contribution in [0.4, 0.5) is 4.79 Å². The maximum atomic E-state index is 13.1. The van der Waals surface area contributed by atoms with Crippen LogP contribution in [0.2, 0.25) is 0 Å². The van der Waals surface area contributed by atoms with Gasteiger partial charge in [0.15, 0.2) is 0 Å². The average Bonchev–Trinajstić information content (AvgIpc) is 2.87. The van der Waals surface area contributed by atoms with Crippen LogP contribution in [0, 0.1) is 0 Å². The Morgan fingerprint density at radius 2 is 1.44 bits per heavy atom. The Morgan fingerprint density at radius 1 is 0.840 bits per heavy atom. The molecule has 2 bridgehead atoms. The predicted octanol–water partition coefficient (Wildman–Crippen LogP) is 4.14. The molecule has 0 spiro atoms. The second kappa shape index (κ2) is 7.11.